The maximum absolute atomic E-state index is 13.7. The summed E-state index contributed by atoms with van der Waals surface area (Å²) in [6.07, 6.45) is 2.68. The number of benzene rings is 1. The third-order valence-corrected chi connectivity index (χ3v) is 3.22. The number of carbonyl (C=O) groups excluding carboxylic acids is 1. The fraction of sp³-hybridized carbons (Fsp3) is 0.438. The largest absolute Gasteiger partial charge is 0.443 e. The van der Waals surface area contributed by atoms with Crippen LogP contribution in [-0.2, 0) is 4.74 Å². The van der Waals surface area contributed by atoms with Gasteiger partial charge in [-0.3, -0.25) is 15.0 Å². The lowest BCUT2D eigenvalue weighted by molar-refractivity contribution is -0.385. The van der Waals surface area contributed by atoms with Crippen molar-refractivity contribution in [3.8, 4) is 0 Å². The zero-order chi connectivity index (χ0) is 17.2. The van der Waals surface area contributed by atoms with Crippen LogP contribution in [0.5, 0.6) is 0 Å². The van der Waals surface area contributed by atoms with Crippen molar-refractivity contribution in [3.63, 3.8) is 0 Å². The van der Waals surface area contributed by atoms with Crippen LogP contribution in [0.1, 0.15) is 39.2 Å². The highest BCUT2D eigenvalue weighted by atomic mass is 19.1. The quantitative estimate of drug-likeness (QED) is 0.607. The molecule has 2 rings (SSSR count). The van der Waals surface area contributed by atoms with E-state index in [9.17, 15) is 19.3 Å². The monoisotopic (exact) mass is 322 g/mol. The summed E-state index contributed by atoms with van der Waals surface area (Å²) >= 11 is 0. The lowest BCUT2D eigenvalue weighted by atomic mass is 10.0. The predicted octanol–water partition coefficient (Wildman–Crippen LogP) is 4.11. The number of nitro groups is 1. The van der Waals surface area contributed by atoms with Crippen molar-refractivity contribution in [2.24, 2.45) is 0 Å². The topological polar surface area (TPSA) is 72.7 Å². The van der Waals surface area contributed by atoms with Crippen LogP contribution in [0.3, 0.4) is 0 Å². The number of non-ortho nitro benzene ring substituents is 1. The van der Waals surface area contributed by atoms with Gasteiger partial charge in [0.05, 0.1) is 16.7 Å². The summed E-state index contributed by atoms with van der Waals surface area (Å²) in [5.41, 5.74) is -0.279. The van der Waals surface area contributed by atoms with E-state index in [1.165, 1.54) is 17.0 Å². The van der Waals surface area contributed by atoms with Gasteiger partial charge in [-0.2, -0.15) is 0 Å². The Bertz CT molecular complexity index is 665. The molecule has 124 valence electrons. The Balaban J connectivity index is 2.37. The zero-order valence-electron chi connectivity index (χ0n) is 13.3. The van der Waals surface area contributed by atoms with Gasteiger partial charge in [-0.1, -0.05) is 6.08 Å². The Morgan fingerprint density at radius 2 is 2.04 bits per heavy atom. The van der Waals surface area contributed by atoms with Gasteiger partial charge in [-0.15, -0.1) is 0 Å². The Kier molecular flexibility index (Phi) is 4.68. The first-order chi connectivity index (χ1) is 10.7. The molecule has 1 aromatic carbocycles. The molecule has 0 aromatic heterocycles. The first-order valence-corrected chi connectivity index (χ1v) is 7.33. The molecule has 0 aliphatic carbocycles. The lowest BCUT2D eigenvalue weighted by Crippen LogP contribution is -2.37. The molecule has 0 atom stereocenters. The maximum Gasteiger partial charge on any atom is 0.414 e. The second-order valence-electron chi connectivity index (χ2n) is 6.32. The minimum absolute atomic E-state index is 0.294. The van der Waals surface area contributed by atoms with E-state index in [0.29, 0.717) is 24.2 Å². The molecule has 0 fully saturated rings. The van der Waals surface area contributed by atoms with E-state index >= 15 is 0 Å². The number of hydrogen-bond donors (Lipinski definition) is 0. The second-order valence-corrected chi connectivity index (χ2v) is 6.32. The first-order valence-electron chi connectivity index (χ1n) is 7.33. The van der Waals surface area contributed by atoms with E-state index in [-0.39, 0.29) is 5.69 Å². The molecule has 0 saturated heterocycles. The molecule has 0 unspecified atom stereocenters. The molecule has 0 saturated carbocycles. The van der Waals surface area contributed by atoms with Crippen LogP contribution in [-0.4, -0.2) is 28.1 Å². The summed E-state index contributed by atoms with van der Waals surface area (Å²) in [5.74, 6) is -0.718. The van der Waals surface area contributed by atoms with Gasteiger partial charge in [0, 0.05) is 18.2 Å². The Morgan fingerprint density at radius 1 is 1.35 bits per heavy atom. The highest BCUT2D eigenvalue weighted by Gasteiger charge is 2.28. The molecule has 0 N–H and O–H groups in total. The van der Waals surface area contributed by atoms with Gasteiger partial charge in [0.25, 0.3) is 5.69 Å². The van der Waals surface area contributed by atoms with Crippen molar-refractivity contribution in [2.45, 2.75) is 39.2 Å². The predicted molar refractivity (Wildman–Crippen MR) is 83.2 cm³/mol. The standard InChI is InChI=1S/C16H19FN2O4/c1-16(2,3)23-15(20)18-7-5-4-6-14(18)11-8-12(17)10-13(9-11)19(21)22/h6,8-10H,4-5,7H2,1-3H3. The molecule has 1 aromatic rings. The average molecular weight is 322 g/mol. The van der Waals surface area contributed by atoms with Crippen molar-refractivity contribution in [2.75, 3.05) is 6.54 Å². The number of halogens is 1. The van der Waals surface area contributed by atoms with Crippen LogP contribution in [0.15, 0.2) is 24.3 Å². The Hall–Kier alpha value is -2.44. The fourth-order valence-corrected chi connectivity index (χ4v) is 2.33. The molecule has 1 heterocycles. The minimum Gasteiger partial charge on any atom is -0.443 e. The van der Waals surface area contributed by atoms with Gasteiger partial charge in [-0.05, 0) is 39.7 Å². The molecule has 1 amide bonds. The highest BCUT2D eigenvalue weighted by molar-refractivity contribution is 5.83. The van der Waals surface area contributed by atoms with Gasteiger partial charge < -0.3 is 4.74 Å². The maximum atomic E-state index is 13.7. The highest BCUT2D eigenvalue weighted by Crippen LogP contribution is 2.29. The van der Waals surface area contributed by atoms with Crippen LogP contribution in [0.4, 0.5) is 14.9 Å². The number of nitro benzene ring substituents is 1. The van der Waals surface area contributed by atoms with E-state index < -0.39 is 22.4 Å². The van der Waals surface area contributed by atoms with Crippen molar-refractivity contribution >= 4 is 17.5 Å². The van der Waals surface area contributed by atoms with Crippen LogP contribution >= 0.6 is 0 Å². The van der Waals surface area contributed by atoms with Crippen molar-refractivity contribution in [3.05, 3.63) is 45.8 Å². The molecule has 6 nitrogen and oxygen atoms in total. The molecular weight excluding hydrogens is 303 g/mol. The molecule has 1 aliphatic rings. The smallest absolute Gasteiger partial charge is 0.414 e. The van der Waals surface area contributed by atoms with E-state index in [1.54, 1.807) is 26.8 Å². The molecule has 7 heteroatoms. The molecule has 23 heavy (non-hydrogen) atoms. The number of allylic oxidation sites excluding steroid dienone is 1. The lowest BCUT2D eigenvalue weighted by Gasteiger charge is -2.31. The molecule has 0 radical (unpaired) electrons. The van der Waals surface area contributed by atoms with Crippen molar-refractivity contribution in [1.82, 2.24) is 4.90 Å². The summed E-state index contributed by atoms with van der Waals surface area (Å²) in [5, 5.41) is 10.9. The third-order valence-electron chi connectivity index (χ3n) is 3.22. The van der Waals surface area contributed by atoms with Crippen LogP contribution < -0.4 is 0 Å². The summed E-state index contributed by atoms with van der Waals surface area (Å²) in [6.45, 7) is 5.69. The summed E-state index contributed by atoms with van der Waals surface area (Å²) in [7, 11) is 0. The number of ether oxygens (including phenoxy) is 1. The fourth-order valence-electron chi connectivity index (χ4n) is 2.33. The Morgan fingerprint density at radius 3 is 2.65 bits per heavy atom. The van der Waals surface area contributed by atoms with E-state index in [1.807, 2.05) is 0 Å². The van der Waals surface area contributed by atoms with Crippen molar-refractivity contribution in [1.29, 1.82) is 0 Å². The number of amides is 1. The second kappa shape index (κ2) is 6.36. The third kappa shape index (κ3) is 4.28. The number of carbonyl (C=O) groups is 1. The van der Waals surface area contributed by atoms with Gasteiger partial charge in [-0.25, -0.2) is 9.18 Å². The summed E-state index contributed by atoms with van der Waals surface area (Å²) in [6, 6.07) is 3.30. The number of rotatable bonds is 2. The minimum atomic E-state index is -0.718. The van der Waals surface area contributed by atoms with Gasteiger partial charge >= 0.3 is 6.09 Å². The van der Waals surface area contributed by atoms with Crippen LogP contribution in [0, 0.1) is 15.9 Å². The summed E-state index contributed by atoms with van der Waals surface area (Å²) < 4.78 is 19.0. The average Bonchev–Trinajstić information content (AvgIpc) is 2.44. The SMILES string of the molecule is CC(C)(C)OC(=O)N1CCCC=C1c1cc(F)cc([N+](=O)[O-])c1. The van der Waals surface area contributed by atoms with Gasteiger partial charge in [0.15, 0.2) is 0 Å². The normalized spacial score (nSPS) is 15.1. The zero-order valence-corrected chi connectivity index (χ0v) is 13.3. The van der Waals surface area contributed by atoms with Crippen molar-refractivity contribution < 1.29 is 18.8 Å². The van der Waals surface area contributed by atoms with E-state index in [4.69, 9.17) is 4.74 Å². The summed E-state index contributed by atoms with van der Waals surface area (Å²) in [4.78, 5) is 24.0. The van der Waals surface area contributed by atoms with E-state index in [2.05, 4.69) is 0 Å². The molecule has 1 aliphatic heterocycles. The molecule has 0 bridgehead atoms. The molecular formula is C16H19FN2O4. The number of hydrogen-bond acceptors (Lipinski definition) is 4. The van der Waals surface area contributed by atoms with Crippen LogP contribution in [0.2, 0.25) is 0 Å². The van der Waals surface area contributed by atoms with Crippen LogP contribution in [0.25, 0.3) is 5.70 Å². The Labute approximate surface area is 133 Å². The molecule has 0 spiro atoms. The van der Waals surface area contributed by atoms with Gasteiger partial charge in [0.1, 0.15) is 11.4 Å². The first kappa shape index (κ1) is 16.9. The van der Waals surface area contributed by atoms with E-state index in [0.717, 1.165) is 12.5 Å². The number of nitrogens with zero attached hydrogens (tertiary/aromatic N) is 2. The van der Waals surface area contributed by atoms with Gasteiger partial charge in [0.2, 0.25) is 0 Å².